The molecule has 1 heterocycles. The predicted molar refractivity (Wildman–Crippen MR) is 103 cm³/mol. The molecule has 166 valence electrons. The Morgan fingerprint density at radius 2 is 1.94 bits per heavy atom. The van der Waals surface area contributed by atoms with Gasteiger partial charge in [0.2, 0.25) is 11.9 Å². The van der Waals surface area contributed by atoms with Crippen molar-refractivity contribution in [1.82, 2.24) is 15.3 Å². The molecule has 2 aromatic carbocycles. The van der Waals surface area contributed by atoms with E-state index in [0.29, 0.717) is 0 Å². The first-order valence-electron chi connectivity index (χ1n) is 9.21. The number of carbonyl (C=O) groups excluding carboxylic acids is 1. The van der Waals surface area contributed by atoms with Crippen LogP contribution in [0.25, 0.3) is 11.0 Å². The number of H-pyrrole nitrogens is 1. The van der Waals surface area contributed by atoms with Gasteiger partial charge in [-0.25, -0.2) is 13.8 Å². The molecule has 0 aliphatic heterocycles. The number of benzene rings is 2. The quantitative estimate of drug-likeness (QED) is 0.362. The molecule has 0 fully saturated rings. The van der Waals surface area contributed by atoms with Crippen LogP contribution < -0.4 is 10.6 Å². The number of halogens is 5. The Bertz CT molecular complexity index is 1030. The summed E-state index contributed by atoms with van der Waals surface area (Å²) in [5.41, 5.74) is -0.373. The number of nitrogens with zero attached hydrogens (tertiary/aromatic N) is 1. The molecule has 11 heteroatoms. The molecule has 6 nitrogen and oxygen atoms in total. The highest BCUT2D eigenvalue weighted by molar-refractivity contribution is 5.79. The maximum atomic E-state index is 13.4. The normalized spacial score (nSPS) is 12.7. The Morgan fingerprint density at radius 1 is 1.19 bits per heavy atom. The number of rotatable bonds is 8. The Labute approximate surface area is 173 Å². The largest absolute Gasteiger partial charge is 0.416 e. The molecule has 1 atom stereocenters. The van der Waals surface area contributed by atoms with E-state index in [1.165, 1.54) is 19.2 Å². The first-order chi connectivity index (χ1) is 14.7. The number of alkyl halides is 3. The number of methoxy groups -OCH3 is 1. The van der Waals surface area contributed by atoms with E-state index in [0.717, 1.165) is 24.3 Å². The zero-order chi connectivity index (χ0) is 22.6. The Morgan fingerprint density at radius 3 is 2.65 bits per heavy atom. The van der Waals surface area contributed by atoms with Gasteiger partial charge >= 0.3 is 6.18 Å². The molecule has 0 saturated carbocycles. The van der Waals surface area contributed by atoms with E-state index >= 15 is 0 Å². The number of amides is 1. The van der Waals surface area contributed by atoms with Gasteiger partial charge in [0.1, 0.15) is 0 Å². The van der Waals surface area contributed by atoms with Crippen LogP contribution in [0.15, 0.2) is 36.4 Å². The van der Waals surface area contributed by atoms with Crippen LogP contribution in [0.4, 0.5) is 27.9 Å². The molecule has 1 aromatic heterocycles. The highest BCUT2D eigenvalue weighted by Gasteiger charge is 2.31. The minimum Gasteiger partial charge on any atom is -0.383 e. The minimum atomic E-state index is -4.56. The van der Waals surface area contributed by atoms with Crippen LogP contribution in [0, 0.1) is 11.6 Å². The molecule has 0 aliphatic rings. The number of hydrogen-bond donors (Lipinski definition) is 3. The second kappa shape index (κ2) is 9.29. The van der Waals surface area contributed by atoms with Crippen LogP contribution in [-0.2, 0) is 15.7 Å². The van der Waals surface area contributed by atoms with Crippen molar-refractivity contribution in [2.24, 2.45) is 0 Å². The highest BCUT2D eigenvalue weighted by atomic mass is 19.4. The number of imidazole rings is 1. The summed E-state index contributed by atoms with van der Waals surface area (Å²) in [6.45, 7) is 0.502. The first kappa shape index (κ1) is 22.5. The standard InChI is InChI=1S/C20H19F5N4O2/c1-31-6-5-26-18(30)10-15(11-3-2-4-12(7-11)20(23,24)25)27-19-28-16-8-13(21)14(22)9-17(16)29-19/h2-4,7-9,15H,5-6,10H2,1H3,(H,26,30)(H2,27,28,29). The third kappa shape index (κ3) is 5.69. The lowest BCUT2D eigenvalue weighted by atomic mass is 10.0. The lowest BCUT2D eigenvalue weighted by molar-refractivity contribution is -0.137. The molecule has 3 rings (SSSR count). The van der Waals surface area contributed by atoms with Gasteiger partial charge in [-0.15, -0.1) is 0 Å². The third-order valence-corrected chi connectivity index (χ3v) is 4.47. The van der Waals surface area contributed by atoms with Crippen molar-refractivity contribution in [3.8, 4) is 0 Å². The maximum absolute atomic E-state index is 13.4. The van der Waals surface area contributed by atoms with Gasteiger partial charge in [-0.1, -0.05) is 12.1 Å². The van der Waals surface area contributed by atoms with E-state index in [9.17, 15) is 26.7 Å². The number of fused-ring (bicyclic) bond motifs is 1. The molecule has 1 amide bonds. The summed E-state index contributed by atoms with van der Waals surface area (Å²) in [6.07, 6.45) is -4.78. The number of nitrogens with one attached hydrogen (secondary N) is 3. The van der Waals surface area contributed by atoms with E-state index < -0.39 is 35.3 Å². The van der Waals surface area contributed by atoms with Crippen molar-refractivity contribution in [2.45, 2.75) is 18.6 Å². The molecular weight excluding hydrogens is 423 g/mol. The fourth-order valence-electron chi connectivity index (χ4n) is 2.97. The van der Waals surface area contributed by atoms with Crippen LogP contribution >= 0.6 is 0 Å². The molecule has 0 saturated heterocycles. The van der Waals surface area contributed by atoms with Gasteiger partial charge in [-0.05, 0) is 17.7 Å². The fourth-order valence-corrected chi connectivity index (χ4v) is 2.97. The molecular formula is C20H19F5N4O2. The number of ether oxygens (including phenoxy) is 1. The van der Waals surface area contributed by atoms with Crippen LogP contribution in [0.2, 0.25) is 0 Å². The topological polar surface area (TPSA) is 79.0 Å². The average Bonchev–Trinajstić information content (AvgIpc) is 3.08. The van der Waals surface area contributed by atoms with Crippen LogP contribution in [0.3, 0.4) is 0 Å². The average molecular weight is 442 g/mol. The summed E-state index contributed by atoms with van der Waals surface area (Å²) in [5.74, 6) is -2.54. The van der Waals surface area contributed by atoms with Crippen molar-refractivity contribution in [3.63, 3.8) is 0 Å². The summed E-state index contributed by atoms with van der Waals surface area (Å²) in [4.78, 5) is 19.1. The SMILES string of the molecule is COCCNC(=O)CC(Nc1nc2cc(F)c(F)cc2[nH]1)c1cccc(C(F)(F)F)c1. The van der Waals surface area contributed by atoms with Crippen molar-refractivity contribution < 1.29 is 31.5 Å². The van der Waals surface area contributed by atoms with Gasteiger partial charge in [-0.2, -0.15) is 13.2 Å². The zero-order valence-corrected chi connectivity index (χ0v) is 16.3. The number of aromatic amines is 1. The van der Waals surface area contributed by atoms with E-state index in [4.69, 9.17) is 4.74 Å². The van der Waals surface area contributed by atoms with Crippen LogP contribution in [-0.4, -0.2) is 36.1 Å². The molecule has 3 N–H and O–H groups in total. The monoisotopic (exact) mass is 442 g/mol. The summed E-state index contributed by atoms with van der Waals surface area (Å²) in [6, 6.07) is 5.44. The van der Waals surface area contributed by atoms with Gasteiger partial charge in [0, 0.05) is 25.8 Å². The van der Waals surface area contributed by atoms with Gasteiger partial charge in [0.05, 0.1) is 35.7 Å². The van der Waals surface area contributed by atoms with E-state index in [2.05, 4.69) is 20.6 Å². The van der Waals surface area contributed by atoms with Gasteiger partial charge in [-0.3, -0.25) is 4.79 Å². The predicted octanol–water partition coefficient (Wildman–Crippen LogP) is 4.17. The summed E-state index contributed by atoms with van der Waals surface area (Å²) < 4.78 is 71.2. The Hall–Kier alpha value is -3.21. The fraction of sp³-hybridized carbons (Fsp3) is 0.300. The van der Waals surface area contributed by atoms with E-state index in [-0.39, 0.29) is 42.1 Å². The number of anilines is 1. The van der Waals surface area contributed by atoms with E-state index in [1.54, 1.807) is 0 Å². The van der Waals surface area contributed by atoms with Crippen molar-refractivity contribution in [3.05, 3.63) is 59.2 Å². The number of carbonyl (C=O) groups is 1. The summed E-state index contributed by atoms with van der Waals surface area (Å²) in [7, 11) is 1.46. The van der Waals surface area contributed by atoms with Crippen LogP contribution in [0.1, 0.15) is 23.6 Å². The highest BCUT2D eigenvalue weighted by Crippen LogP contribution is 2.32. The molecule has 0 bridgehead atoms. The lowest BCUT2D eigenvalue weighted by Crippen LogP contribution is -2.30. The summed E-state index contributed by atoms with van der Waals surface area (Å²) >= 11 is 0. The number of hydrogen-bond acceptors (Lipinski definition) is 4. The third-order valence-electron chi connectivity index (χ3n) is 4.47. The number of aromatic nitrogens is 2. The molecule has 0 radical (unpaired) electrons. The van der Waals surface area contributed by atoms with Gasteiger partial charge in [0.25, 0.3) is 0 Å². The minimum absolute atomic E-state index is 0.0482. The first-order valence-corrected chi connectivity index (χ1v) is 9.21. The molecule has 3 aromatic rings. The second-order valence-corrected chi connectivity index (χ2v) is 6.74. The second-order valence-electron chi connectivity index (χ2n) is 6.74. The van der Waals surface area contributed by atoms with Crippen molar-refractivity contribution in [2.75, 3.05) is 25.6 Å². The molecule has 1 unspecified atom stereocenters. The van der Waals surface area contributed by atoms with Crippen molar-refractivity contribution >= 4 is 22.9 Å². The maximum Gasteiger partial charge on any atom is 0.416 e. The lowest BCUT2D eigenvalue weighted by Gasteiger charge is -2.20. The Kier molecular flexibility index (Phi) is 6.74. The molecule has 31 heavy (non-hydrogen) atoms. The molecule has 0 spiro atoms. The van der Waals surface area contributed by atoms with Gasteiger partial charge in [0.15, 0.2) is 11.6 Å². The van der Waals surface area contributed by atoms with E-state index in [1.807, 2.05) is 0 Å². The molecule has 0 aliphatic carbocycles. The van der Waals surface area contributed by atoms with Crippen LogP contribution in [0.5, 0.6) is 0 Å². The van der Waals surface area contributed by atoms with Crippen molar-refractivity contribution in [1.29, 1.82) is 0 Å². The van der Waals surface area contributed by atoms with Gasteiger partial charge < -0.3 is 20.4 Å². The smallest absolute Gasteiger partial charge is 0.383 e. The Balaban J connectivity index is 1.89. The zero-order valence-electron chi connectivity index (χ0n) is 16.3. The summed E-state index contributed by atoms with van der Waals surface area (Å²) in [5, 5.41) is 5.45.